The van der Waals surface area contributed by atoms with E-state index in [0.717, 1.165) is 12.8 Å². The van der Waals surface area contributed by atoms with Crippen LogP contribution in [0.2, 0.25) is 0 Å². The first-order chi connectivity index (χ1) is 10.9. The van der Waals surface area contributed by atoms with E-state index in [1.807, 2.05) is 19.9 Å². The second-order valence-electron chi connectivity index (χ2n) is 7.38. The van der Waals surface area contributed by atoms with Gasteiger partial charge in [-0.2, -0.15) is 0 Å². The third-order valence-corrected chi connectivity index (χ3v) is 5.04. The van der Waals surface area contributed by atoms with Crippen LogP contribution in [0.4, 0.5) is 0 Å². The van der Waals surface area contributed by atoms with Gasteiger partial charge in [0.05, 0.1) is 12.2 Å². The molecule has 4 unspecified atom stereocenters. The zero-order chi connectivity index (χ0) is 17.0. The van der Waals surface area contributed by atoms with Crippen LogP contribution in [0.25, 0.3) is 0 Å². The number of rotatable bonds is 5. The van der Waals surface area contributed by atoms with Crippen molar-refractivity contribution in [1.29, 1.82) is 0 Å². The Balaban J connectivity index is 2.08. The summed E-state index contributed by atoms with van der Waals surface area (Å²) < 4.78 is 6.21. The molecule has 4 atom stereocenters. The molecular formula is C20H30O3. The number of carbonyl (C=O) groups is 1. The molecule has 1 aliphatic heterocycles. The number of carboxylic acid groups (broad SMARTS) is 1. The predicted molar refractivity (Wildman–Crippen MR) is 93.3 cm³/mol. The maximum atomic E-state index is 11.5. The highest BCUT2D eigenvalue weighted by Gasteiger charge is 2.36. The van der Waals surface area contributed by atoms with E-state index in [4.69, 9.17) is 4.74 Å². The standard InChI is InChI=1S/C20H30O3/c1-13(2)6-5-7-16(20(21)22)12-17-11-15(4)18-9-8-14(3)10-19(18)23-17/h6,10,12,15,17-19H,5,7-9,11H2,1-4H3,(H,21,22). The topological polar surface area (TPSA) is 46.5 Å². The molecule has 1 fully saturated rings. The molecule has 1 aliphatic carbocycles. The lowest BCUT2D eigenvalue weighted by Crippen LogP contribution is -2.40. The second-order valence-corrected chi connectivity index (χ2v) is 7.38. The van der Waals surface area contributed by atoms with Gasteiger partial charge in [0.2, 0.25) is 0 Å². The van der Waals surface area contributed by atoms with Crippen molar-refractivity contribution in [2.24, 2.45) is 11.8 Å². The summed E-state index contributed by atoms with van der Waals surface area (Å²) in [6.45, 7) is 8.51. The molecule has 0 amide bonds. The molecule has 3 nitrogen and oxygen atoms in total. The van der Waals surface area contributed by atoms with Crippen molar-refractivity contribution in [3.05, 3.63) is 34.9 Å². The van der Waals surface area contributed by atoms with Gasteiger partial charge in [-0.15, -0.1) is 0 Å². The number of carboxylic acids is 1. The number of hydrogen-bond donors (Lipinski definition) is 1. The first-order valence-electron chi connectivity index (χ1n) is 8.77. The van der Waals surface area contributed by atoms with Crippen molar-refractivity contribution in [2.45, 2.75) is 72.0 Å². The minimum absolute atomic E-state index is 0.0776. The third-order valence-electron chi connectivity index (χ3n) is 5.04. The van der Waals surface area contributed by atoms with Gasteiger partial charge in [-0.1, -0.05) is 30.2 Å². The van der Waals surface area contributed by atoms with Gasteiger partial charge in [0.1, 0.15) is 0 Å². The van der Waals surface area contributed by atoms with Crippen LogP contribution in [-0.4, -0.2) is 23.3 Å². The van der Waals surface area contributed by atoms with E-state index in [9.17, 15) is 9.90 Å². The van der Waals surface area contributed by atoms with Gasteiger partial charge >= 0.3 is 5.97 Å². The number of fused-ring (bicyclic) bond motifs is 1. The van der Waals surface area contributed by atoms with Gasteiger partial charge < -0.3 is 9.84 Å². The lowest BCUT2D eigenvalue weighted by molar-refractivity contribution is -0.133. The summed E-state index contributed by atoms with van der Waals surface area (Å²) in [6, 6.07) is 0. The molecular weight excluding hydrogens is 288 g/mol. The van der Waals surface area contributed by atoms with Crippen molar-refractivity contribution in [1.82, 2.24) is 0 Å². The average Bonchev–Trinajstić information content (AvgIpc) is 2.45. The Morgan fingerprint density at radius 1 is 1.43 bits per heavy atom. The maximum Gasteiger partial charge on any atom is 0.331 e. The number of ether oxygens (including phenoxy) is 1. The van der Waals surface area contributed by atoms with Crippen LogP contribution >= 0.6 is 0 Å². The summed E-state index contributed by atoms with van der Waals surface area (Å²) in [5.41, 5.74) is 3.10. The van der Waals surface area contributed by atoms with Crippen LogP contribution in [0.1, 0.15) is 59.8 Å². The lowest BCUT2D eigenvalue weighted by atomic mass is 9.75. The van der Waals surface area contributed by atoms with E-state index in [1.54, 1.807) is 0 Å². The molecule has 2 aliphatic rings. The smallest absolute Gasteiger partial charge is 0.331 e. The second kappa shape index (κ2) is 7.96. The molecule has 1 heterocycles. The number of aliphatic carboxylic acids is 1. The van der Waals surface area contributed by atoms with E-state index in [-0.39, 0.29) is 12.2 Å². The van der Waals surface area contributed by atoms with E-state index >= 15 is 0 Å². The van der Waals surface area contributed by atoms with Crippen LogP contribution in [0.5, 0.6) is 0 Å². The Labute approximate surface area is 140 Å². The molecule has 2 rings (SSSR count). The summed E-state index contributed by atoms with van der Waals surface area (Å²) in [5.74, 6) is 0.343. The molecule has 1 saturated heterocycles. The molecule has 0 aromatic carbocycles. The summed E-state index contributed by atoms with van der Waals surface area (Å²) in [7, 11) is 0. The Bertz CT molecular complexity index is 523. The molecule has 0 radical (unpaired) electrons. The minimum Gasteiger partial charge on any atom is -0.478 e. The maximum absolute atomic E-state index is 11.5. The first-order valence-corrected chi connectivity index (χ1v) is 8.77. The van der Waals surface area contributed by atoms with Crippen LogP contribution in [0.3, 0.4) is 0 Å². The summed E-state index contributed by atoms with van der Waals surface area (Å²) in [5, 5.41) is 9.45. The molecule has 0 aromatic heterocycles. The highest BCUT2D eigenvalue weighted by atomic mass is 16.5. The SMILES string of the molecule is CC(C)=CCCC(=CC1CC(C)C2CCC(C)=CC2O1)C(=O)O. The van der Waals surface area contributed by atoms with E-state index in [0.29, 0.717) is 23.8 Å². The fourth-order valence-electron chi connectivity index (χ4n) is 3.70. The normalized spacial score (nSPS) is 31.1. The van der Waals surface area contributed by atoms with Crippen LogP contribution in [-0.2, 0) is 9.53 Å². The highest BCUT2D eigenvalue weighted by molar-refractivity contribution is 5.86. The fourth-order valence-corrected chi connectivity index (χ4v) is 3.70. The summed E-state index contributed by atoms with van der Waals surface area (Å²) in [4.78, 5) is 11.5. The van der Waals surface area contributed by atoms with Gasteiger partial charge in [-0.05, 0) is 70.8 Å². The number of allylic oxidation sites excluding steroid dienone is 3. The zero-order valence-corrected chi connectivity index (χ0v) is 14.8. The molecule has 128 valence electrons. The predicted octanol–water partition coefficient (Wildman–Crippen LogP) is 4.89. The summed E-state index contributed by atoms with van der Waals surface area (Å²) >= 11 is 0. The largest absolute Gasteiger partial charge is 0.478 e. The van der Waals surface area contributed by atoms with Gasteiger partial charge in [-0.25, -0.2) is 4.79 Å². The van der Waals surface area contributed by atoms with Gasteiger partial charge in [0.25, 0.3) is 0 Å². The molecule has 3 heteroatoms. The van der Waals surface area contributed by atoms with Crippen LogP contribution in [0.15, 0.2) is 34.9 Å². The molecule has 1 N–H and O–H groups in total. The van der Waals surface area contributed by atoms with Gasteiger partial charge in [0.15, 0.2) is 0 Å². The quantitative estimate of drug-likeness (QED) is 0.579. The van der Waals surface area contributed by atoms with Gasteiger partial charge in [0, 0.05) is 5.57 Å². The molecule has 0 spiro atoms. The molecule has 0 saturated carbocycles. The van der Waals surface area contributed by atoms with Crippen molar-refractivity contribution < 1.29 is 14.6 Å². The Morgan fingerprint density at radius 3 is 2.83 bits per heavy atom. The highest BCUT2D eigenvalue weighted by Crippen LogP contribution is 2.39. The molecule has 0 aromatic rings. The Kier molecular flexibility index (Phi) is 6.23. The van der Waals surface area contributed by atoms with Gasteiger partial charge in [-0.3, -0.25) is 0 Å². The third kappa shape index (κ3) is 5.07. The van der Waals surface area contributed by atoms with Crippen molar-refractivity contribution in [3.63, 3.8) is 0 Å². The van der Waals surface area contributed by atoms with Crippen LogP contribution < -0.4 is 0 Å². The minimum atomic E-state index is -0.819. The lowest BCUT2D eigenvalue weighted by Gasteiger charge is -2.41. The summed E-state index contributed by atoms with van der Waals surface area (Å²) in [6.07, 6.45) is 10.9. The van der Waals surface area contributed by atoms with E-state index < -0.39 is 5.97 Å². The fraction of sp³-hybridized carbons (Fsp3) is 0.650. The molecule has 0 bridgehead atoms. The van der Waals surface area contributed by atoms with Crippen molar-refractivity contribution >= 4 is 5.97 Å². The van der Waals surface area contributed by atoms with E-state index in [1.165, 1.54) is 24.0 Å². The number of hydrogen-bond acceptors (Lipinski definition) is 2. The first kappa shape index (κ1) is 18.0. The zero-order valence-electron chi connectivity index (χ0n) is 14.8. The average molecular weight is 318 g/mol. The Morgan fingerprint density at radius 2 is 2.17 bits per heavy atom. The Hall–Kier alpha value is -1.35. The van der Waals surface area contributed by atoms with Crippen LogP contribution in [0, 0.1) is 11.8 Å². The van der Waals surface area contributed by atoms with Crippen molar-refractivity contribution in [3.8, 4) is 0 Å². The molecule has 23 heavy (non-hydrogen) atoms. The van der Waals surface area contributed by atoms with E-state index in [2.05, 4.69) is 26.0 Å². The van der Waals surface area contributed by atoms with Crippen molar-refractivity contribution in [2.75, 3.05) is 0 Å². The monoisotopic (exact) mass is 318 g/mol.